The summed E-state index contributed by atoms with van der Waals surface area (Å²) in [6.07, 6.45) is 11.7. The first-order valence-corrected chi connectivity index (χ1v) is 14.6. The zero-order valence-corrected chi connectivity index (χ0v) is 24.9. The molecule has 0 aliphatic carbocycles. The monoisotopic (exact) mass is 568 g/mol. The summed E-state index contributed by atoms with van der Waals surface area (Å²) in [6, 6.07) is 37.6. The molecular formula is C40H32N4. The van der Waals surface area contributed by atoms with Gasteiger partial charge < -0.3 is 0 Å². The highest BCUT2D eigenvalue weighted by molar-refractivity contribution is 5.88. The summed E-state index contributed by atoms with van der Waals surface area (Å²) in [5, 5.41) is 4.61. The molecule has 0 aliphatic heterocycles. The highest BCUT2D eigenvalue weighted by Crippen LogP contribution is 2.28. The van der Waals surface area contributed by atoms with Crippen LogP contribution in [0, 0.1) is 0 Å². The first-order valence-electron chi connectivity index (χ1n) is 14.6. The Balaban J connectivity index is 1.44. The van der Waals surface area contributed by atoms with Crippen LogP contribution in [0.2, 0.25) is 0 Å². The average molecular weight is 569 g/mol. The lowest BCUT2D eigenvalue weighted by Crippen LogP contribution is -2.02. The molecule has 212 valence electrons. The number of hydrogen-bond donors (Lipinski definition) is 0. The molecule has 6 aromatic rings. The lowest BCUT2D eigenvalue weighted by atomic mass is 10.0. The summed E-state index contributed by atoms with van der Waals surface area (Å²) in [5.41, 5.74) is 6.03. The number of hydrogen-bond acceptors (Lipinski definition) is 4. The van der Waals surface area contributed by atoms with Crippen molar-refractivity contribution in [2.45, 2.75) is 6.92 Å². The topological polar surface area (TPSA) is 51.0 Å². The van der Waals surface area contributed by atoms with E-state index in [1.165, 1.54) is 10.8 Å². The Morgan fingerprint density at radius 2 is 1.27 bits per heavy atom. The fourth-order valence-electron chi connectivity index (χ4n) is 5.09. The maximum absolute atomic E-state index is 4.97. The van der Waals surface area contributed by atoms with Gasteiger partial charge in [0.15, 0.2) is 17.5 Å². The second kappa shape index (κ2) is 13.1. The highest BCUT2D eigenvalue weighted by atomic mass is 15.0. The molecule has 4 nitrogen and oxygen atoms in total. The quantitative estimate of drug-likeness (QED) is 0.136. The molecule has 6 rings (SSSR count). The Kier molecular flexibility index (Phi) is 8.42. The standard InChI is InChI=1S/C40H32N4/c1-4-30(19-18-28(2)33-17-9-11-29(25-33)12-10-24-41-3)38-42-39(36-22-20-31-13-5-7-15-34(31)26-36)44-40(43-38)37-23-21-32-14-6-8-16-35(32)27-37/h4-27H,1H2,2-3H3/b12-10-,28-18+,30-19+,41-24?. The van der Waals surface area contributed by atoms with Crippen molar-refractivity contribution < 1.29 is 0 Å². The Bertz CT molecular complexity index is 2020. The van der Waals surface area contributed by atoms with E-state index in [2.05, 4.69) is 110 Å². The summed E-state index contributed by atoms with van der Waals surface area (Å²) in [5.74, 6) is 1.81. The minimum atomic E-state index is 0.570. The van der Waals surface area contributed by atoms with Crippen LogP contribution in [-0.2, 0) is 0 Å². The maximum atomic E-state index is 4.97. The predicted molar refractivity (Wildman–Crippen MR) is 187 cm³/mol. The van der Waals surface area contributed by atoms with Crippen molar-refractivity contribution >= 4 is 45.0 Å². The number of allylic oxidation sites excluding steroid dienone is 6. The van der Waals surface area contributed by atoms with Gasteiger partial charge in [0, 0.05) is 30.0 Å². The van der Waals surface area contributed by atoms with E-state index >= 15 is 0 Å². The molecule has 0 amide bonds. The molecule has 0 N–H and O–H groups in total. The van der Waals surface area contributed by atoms with Crippen molar-refractivity contribution in [1.82, 2.24) is 15.0 Å². The van der Waals surface area contributed by atoms with Crippen LogP contribution in [0.25, 0.3) is 61.5 Å². The van der Waals surface area contributed by atoms with Crippen LogP contribution >= 0.6 is 0 Å². The Labute approximate surface area is 258 Å². The first kappa shape index (κ1) is 28.4. The van der Waals surface area contributed by atoms with E-state index in [0.29, 0.717) is 17.5 Å². The maximum Gasteiger partial charge on any atom is 0.164 e. The molecule has 0 spiro atoms. The zero-order chi connectivity index (χ0) is 30.3. The van der Waals surface area contributed by atoms with Gasteiger partial charge in [0.2, 0.25) is 0 Å². The van der Waals surface area contributed by atoms with Gasteiger partial charge >= 0.3 is 0 Å². The van der Waals surface area contributed by atoms with Crippen LogP contribution in [-0.4, -0.2) is 28.2 Å². The van der Waals surface area contributed by atoms with Crippen molar-refractivity contribution in [3.8, 4) is 22.8 Å². The van der Waals surface area contributed by atoms with Crippen molar-refractivity contribution in [2.75, 3.05) is 7.05 Å². The van der Waals surface area contributed by atoms with Crippen LogP contribution in [0.5, 0.6) is 0 Å². The van der Waals surface area contributed by atoms with Gasteiger partial charge in [0.05, 0.1) is 0 Å². The van der Waals surface area contributed by atoms with Crippen LogP contribution in [0.15, 0.2) is 145 Å². The molecule has 0 fully saturated rings. The molecule has 0 bridgehead atoms. The molecule has 0 aliphatic rings. The fraction of sp³-hybridized carbons (Fsp3) is 0.0500. The third kappa shape index (κ3) is 6.35. The minimum Gasteiger partial charge on any atom is -0.297 e. The summed E-state index contributed by atoms with van der Waals surface area (Å²) in [7, 11) is 1.76. The zero-order valence-electron chi connectivity index (χ0n) is 24.9. The third-order valence-corrected chi connectivity index (χ3v) is 7.51. The molecule has 5 aromatic carbocycles. The van der Waals surface area contributed by atoms with E-state index in [-0.39, 0.29) is 0 Å². The fourth-order valence-corrected chi connectivity index (χ4v) is 5.09. The van der Waals surface area contributed by atoms with Gasteiger partial charge in [-0.2, -0.15) is 0 Å². The van der Waals surface area contributed by atoms with E-state index in [1.807, 2.05) is 42.5 Å². The molecular weight excluding hydrogens is 536 g/mol. The highest BCUT2D eigenvalue weighted by Gasteiger charge is 2.13. The van der Waals surface area contributed by atoms with Crippen molar-refractivity contribution in [3.05, 3.63) is 157 Å². The number of fused-ring (bicyclic) bond motifs is 2. The number of aliphatic imine (C=N–C) groups is 1. The van der Waals surface area contributed by atoms with Crippen molar-refractivity contribution in [2.24, 2.45) is 4.99 Å². The second-order valence-corrected chi connectivity index (χ2v) is 10.5. The van der Waals surface area contributed by atoms with Gasteiger partial charge in [-0.1, -0.05) is 122 Å². The molecule has 0 unspecified atom stereocenters. The normalized spacial score (nSPS) is 12.5. The molecule has 0 atom stereocenters. The van der Waals surface area contributed by atoms with Crippen LogP contribution < -0.4 is 0 Å². The van der Waals surface area contributed by atoms with Gasteiger partial charge in [0.1, 0.15) is 0 Å². The van der Waals surface area contributed by atoms with Crippen LogP contribution in [0.3, 0.4) is 0 Å². The minimum absolute atomic E-state index is 0.570. The van der Waals surface area contributed by atoms with E-state index in [9.17, 15) is 0 Å². The molecule has 0 radical (unpaired) electrons. The summed E-state index contributed by atoms with van der Waals surface area (Å²) in [6.45, 7) is 6.21. The molecule has 4 heteroatoms. The molecule has 1 aromatic heterocycles. The lowest BCUT2D eigenvalue weighted by molar-refractivity contribution is 1.04. The Morgan fingerprint density at radius 3 is 1.86 bits per heavy atom. The molecule has 0 saturated heterocycles. The molecule has 44 heavy (non-hydrogen) atoms. The number of aromatic nitrogens is 3. The predicted octanol–water partition coefficient (Wildman–Crippen LogP) is 9.90. The second-order valence-electron chi connectivity index (χ2n) is 10.5. The summed E-state index contributed by atoms with van der Waals surface area (Å²) in [4.78, 5) is 18.9. The number of nitrogens with zero attached hydrogens (tertiary/aromatic N) is 4. The summed E-state index contributed by atoms with van der Waals surface area (Å²) >= 11 is 0. The van der Waals surface area contributed by atoms with Crippen LogP contribution in [0.1, 0.15) is 23.9 Å². The molecule has 1 heterocycles. The average Bonchev–Trinajstić information content (AvgIpc) is 3.08. The van der Waals surface area contributed by atoms with Crippen molar-refractivity contribution in [3.63, 3.8) is 0 Å². The molecule has 0 saturated carbocycles. The van der Waals surface area contributed by atoms with Crippen LogP contribution in [0.4, 0.5) is 0 Å². The van der Waals surface area contributed by atoms with E-state index in [1.54, 1.807) is 19.3 Å². The van der Waals surface area contributed by atoms with Gasteiger partial charge in [-0.25, -0.2) is 15.0 Å². The van der Waals surface area contributed by atoms with E-state index in [0.717, 1.165) is 44.2 Å². The third-order valence-electron chi connectivity index (χ3n) is 7.51. The smallest absolute Gasteiger partial charge is 0.164 e. The van der Waals surface area contributed by atoms with Crippen molar-refractivity contribution in [1.29, 1.82) is 0 Å². The Hall–Kier alpha value is -5.74. The van der Waals surface area contributed by atoms with Gasteiger partial charge in [-0.3, -0.25) is 4.99 Å². The number of benzene rings is 5. The lowest BCUT2D eigenvalue weighted by Gasteiger charge is -2.10. The largest absolute Gasteiger partial charge is 0.297 e. The van der Waals surface area contributed by atoms with Gasteiger partial charge in [-0.05, 0) is 69.4 Å². The SMILES string of the molecule is C=C/C(=C\C=C(/C)c1cccc(/C=C\C=NC)c1)c1nc(-c2ccc3ccccc3c2)nc(-c2ccc3ccccc3c2)n1. The van der Waals surface area contributed by atoms with E-state index in [4.69, 9.17) is 15.0 Å². The first-order chi connectivity index (χ1) is 21.6. The summed E-state index contributed by atoms with van der Waals surface area (Å²) < 4.78 is 0. The van der Waals surface area contributed by atoms with Gasteiger partial charge in [-0.15, -0.1) is 0 Å². The van der Waals surface area contributed by atoms with E-state index < -0.39 is 0 Å². The number of rotatable bonds is 8. The Morgan fingerprint density at radius 1 is 0.659 bits per heavy atom. The van der Waals surface area contributed by atoms with Gasteiger partial charge in [0.25, 0.3) is 0 Å².